The molecule has 0 bridgehead atoms. The van der Waals surface area contributed by atoms with Gasteiger partial charge in [0.05, 0.1) is 5.69 Å². The van der Waals surface area contributed by atoms with Gasteiger partial charge in [0.2, 0.25) is 0 Å². The lowest BCUT2D eigenvalue weighted by atomic mass is 10.2. The second kappa shape index (κ2) is 7.97. The number of para-hydroxylation sites is 3. The Bertz CT molecular complexity index is 1560. The zero-order chi connectivity index (χ0) is 22.9. The number of hydrogen-bond donors (Lipinski definition) is 3. The number of nitrogens with one attached hydrogen (secondary N) is 1. The molecule has 162 valence electrons. The normalized spacial score (nSPS) is 10.9. The van der Waals surface area contributed by atoms with E-state index < -0.39 is 11.6 Å². The van der Waals surface area contributed by atoms with Crippen LogP contribution in [-0.4, -0.2) is 30.5 Å². The number of fused-ring (bicyclic) bond motifs is 1. The molecule has 2 heterocycles. The maximum Gasteiger partial charge on any atom is 0.332 e. The number of carbonyl (C=O) groups excluding carboxylic acids is 1. The van der Waals surface area contributed by atoms with Gasteiger partial charge in [-0.2, -0.15) is 0 Å². The molecule has 9 nitrogen and oxygen atoms in total. The molecule has 2 aromatic heterocycles. The number of imidazole rings is 1. The quantitative estimate of drug-likeness (QED) is 0.384. The van der Waals surface area contributed by atoms with Crippen LogP contribution in [0.15, 0.2) is 83.7 Å². The first-order chi connectivity index (χ1) is 16.0. The van der Waals surface area contributed by atoms with E-state index in [4.69, 9.17) is 10.5 Å². The lowest BCUT2D eigenvalue weighted by Crippen LogP contribution is -2.16. The minimum atomic E-state index is -0.828. The van der Waals surface area contributed by atoms with Gasteiger partial charge in [0, 0.05) is 5.56 Å². The summed E-state index contributed by atoms with van der Waals surface area (Å²) in [6.07, 6.45) is 0. The number of nitrogens with two attached hydrogens (primary N) is 1. The summed E-state index contributed by atoms with van der Waals surface area (Å²) in [5.41, 5.74) is 5.98. The van der Waals surface area contributed by atoms with Crippen LogP contribution in [0.25, 0.3) is 28.2 Å². The van der Waals surface area contributed by atoms with Crippen LogP contribution < -0.4 is 16.2 Å². The molecule has 0 radical (unpaired) electrons. The Labute approximate surface area is 186 Å². The third kappa shape index (κ3) is 3.68. The van der Waals surface area contributed by atoms with Gasteiger partial charge in [-0.3, -0.25) is 4.79 Å². The summed E-state index contributed by atoms with van der Waals surface area (Å²) < 4.78 is 7.30. The fourth-order valence-corrected chi connectivity index (χ4v) is 3.50. The first kappa shape index (κ1) is 20.0. The Morgan fingerprint density at radius 3 is 2.48 bits per heavy atom. The fourth-order valence-electron chi connectivity index (χ4n) is 3.50. The number of hydrogen-bond acceptors (Lipinski definition) is 6. The van der Waals surface area contributed by atoms with Gasteiger partial charge < -0.3 is 20.6 Å². The highest BCUT2D eigenvalue weighted by Gasteiger charge is 2.22. The maximum absolute atomic E-state index is 13.0. The second-order valence-electron chi connectivity index (χ2n) is 7.16. The molecule has 4 N–H and O–H groups in total. The average molecular weight is 439 g/mol. The van der Waals surface area contributed by atoms with Crippen LogP contribution in [0.4, 0.5) is 0 Å². The number of ether oxygens (including phenoxy) is 1. The molecule has 0 aliphatic heterocycles. The van der Waals surface area contributed by atoms with E-state index in [-0.39, 0.29) is 28.4 Å². The molecule has 33 heavy (non-hydrogen) atoms. The van der Waals surface area contributed by atoms with Crippen LogP contribution in [0.3, 0.4) is 0 Å². The number of H-pyrrole nitrogens is 1. The van der Waals surface area contributed by atoms with E-state index in [1.165, 1.54) is 16.7 Å². The van der Waals surface area contributed by atoms with E-state index >= 15 is 0 Å². The Hall–Kier alpha value is -4.92. The Morgan fingerprint density at radius 2 is 1.73 bits per heavy atom. The highest BCUT2D eigenvalue weighted by atomic mass is 16.5. The molecule has 5 aromatic rings. The molecular formula is C24H17N5O4. The maximum atomic E-state index is 13.0. The molecule has 0 fully saturated rings. The minimum absolute atomic E-state index is 0.00453. The van der Waals surface area contributed by atoms with E-state index in [0.29, 0.717) is 22.7 Å². The summed E-state index contributed by atoms with van der Waals surface area (Å²) in [6.45, 7) is 0. The second-order valence-corrected chi connectivity index (χ2v) is 7.16. The van der Waals surface area contributed by atoms with E-state index in [1.54, 1.807) is 48.5 Å². The van der Waals surface area contributed by atoms with Gasteiger partial charge in [-0.15, -0.1) is 0 Å². The molecule has 5 rings (SSSR count). The van der Waals surface area contributed by atoms with Gasteiger partial charge in [0.1, 0.15) is 17.0 Å². The smallest absolute Gasteiger partial charge is 0.332 e. The molecule has 0 aliphatic rings. The number of amides is 1. The van der Waals surface area contributed by atoms with Gasteiger partial charge in [-0.05, 0) is 36.4 Å². The van der Waals surface area contributed by atoms with Crippen LogP contribution in [0.5, 0.6) is 17.2 Å². The van der Waals surface area contributed by atoms with Crippen LogP contribution in [-0.2, 0) is 0 Å². The van der Waals surface area contributed by atoms with Gasteiger partial charge in [0.25, 0.3) is 5.91 Å². The zero-order valence-electron chi connectivity index (χ0n) is 17.1. The number of nitrogens with zero attached hydrogens (tertiary/aromatic N) is 3. The summed E-state index contributed by atoms with van der Waals surface area (Å²) in [4.78, 5) is 36.6. The number of phenolic OH excluding ortho intramolecular Hbond substituents is 1. The summed E-state index contributed by atoms with van der Waals surface area (Å²) in [5.74, 6) is 0.299. The van der Waals surface area contributed by atoms with Crippen molar-refractivity contribution in [2.45, 2.75) is 0 Å². The Kier molecular flexibility index (Phi) is 4.83. The van der Waals surface area contributed by atoms with Gasteiger partial charge in [-0.25, -0.2) is 19.3 Å². The molecule has 0 aliphatic carbocycles. The lowest BCUT2D eigenvalue weighted by molar-refractivity contribution is 0.0997. The summed E-state index contributed by atoms with van der Waals surface area (Å²) in [6, 6.07) is 22.3. The highest BCUT2D eigenvalue weighted by Crippen LogP contribution is 2.30. The SMILES string of the molecule is NC(=O)c1nc(-c2cccc(O)c2)nc2c1[nH]c(=O)n2-c1ccccc1Oc1ccccc1. The van der Waals surface area contributed by atoms with Crippen molar-refractivity contribution in [2.24, 2.45) is 5.73 Å². The topological polar surface area (TPSA) is 136 Å². The minimum Gasteiger partial charge on any atom is -0.508 e. The number of benzene rings is 3. The third-order valence-electron chi connectivity index (χ3n) is 4.95. The Balaban J connectivity index is 1.76. The summed E-state index contributed by atoms with van der Waals surface area (Å²) in [7, 11) is 0. The molecule has 0 unspecified atom stereocenters. The summed E-state index contributed by atoms with van der Waals surface area (Å²) >= 11 is 0. The molecule has 9 heteroatoms. The molecule has 0 saturated heterocycles. The van der Waals surface area contributed by atoms with Gasteiger partial charge >= 0.3 is 5.69 Å². The van der Waals surface area contributed by atoms with E-state index in [9.17, 15) is 14.7 Å². The average Bonchev–Trinajstić information content (AvgIpc) is 3.15. The number of aromatic nitrogens is 4. The van der Waals surface area contributed by atoms with Crippen molar-refractivity contribution in [3.63, 3.8) is 0 Å². The molecule has 1 amide bonds. The number of primary amides is 1. The van der Waals surface area contributed by atoms with Crippen molar-refractivity contribution >= 4 is 17.1 Å². The van der Waals surface area contributed by atoms with Crippen LogP contribution in [0.1, 0.15) is 10.5 Å². The first-order valence-corrected chi connectivity index (χ1v) is 9.95. The molecular weight excluding hydrogens is 422 g/mol. The van der Waals surface area contributed by atoms with E-state index in [0.717, 1.165) is 0 Å². The van der Waals surface area contributed by atoms with Crippen LogP contribution in [0.2, 0.25) is 0 Å². The lowest BCUT2D eigenvalue weighted by Gasteiger charge is -2.12. The number of aromatic amines is 1. The zero-order valence-corrected chi connectivity index (χ0v) is 17.1. The van der Waals surface area contributed by atoms with Crippen LogP contribution >= 0.6 is 0 Å². The number of carbonyl (C=O) groups is 1. The van der Waals surface area contributed by atoms with Crippen molar-refractivity contribution in [1.29, 1.82) is 0 Å². The number of phenols is 1. The van der Waals surface area contributed by atoms with Crippen LogP contribution in [0, 0.1) is 0 Å². The predicted molar refractivity (Wildman–Crippen MR) is 122 cm³/mol. The monoisotopic (exact) mass is 439 g/mol. The third-order valence-corrected chi connectivity index (χ3v) is 4.95. The van der Waals surface area contributed by atoms with Crippen molar-refractivity contribution in [2.75, 3.05) is 0 Å². The molecule has 0 atom stereocenters. The summed E-state index contributed by atoms with van der Waals surface area (Å²) in [5, 5.41) is 9.85. The number of rotatable bonds is 5. The largest absolute Gasteiger partial charge is 0.508 e. The van der Waals surface area contributed by atoms with Crippen molar-refractivity contribution in [3.8, 4) is 34.3 Å². The van der Waals surface area contributed by atoms with Gasteiger partial charge in [0.15, 0.2) is 22.9 Å². The molecule has 3 aromatic carbocycles. The van der Waals surface area contributed by atoms with Crippen molar-refractivity contribution in [1.82, 2.24) is 19.5 Å². The van der Waals surface area contributed by atoms with E-state index in [1.807, 2.05) is 18.2 Å². The fraction of sp³-hybridized carbons (Fsp3) is 0. The first-order valence-electron chi connectivity index (χ1n) is 9.95. The van der Waals surface area contributed by atoms with E-state index in [2.05, 4.69) is 15.0 Å². The highest BCUT2D eigenvalue weighted by molar-refractivity contribution is 6.02. The number of aromatic hydroxyl groups is 1. The van der Waals surface area contributed by atoms with Gasteiger partial charge in [-0.1, -0.05) is 42.5 Å². The van der Waals surface area contributed by atoms with Crippen molar-refractivity contribution < 1.29 is 14.6 Å². The molecule has 0 spiro atoms. The predicted octanol–water partition coefficient (Wildman–Crippen LogP) is 3.37. The standard InChI is InChI=1S/C24H17N5O4/c25-21(31)19-20-23(28-22(26-19)14-7-6-8-15(30)13-14)29(24(32)27-20)17-11-4-5-12-18(17)33-16-9-2-1-3-10-16/h1-13,30H,(H2,25,31)(H,27,32). The Morgan fingerprint density at radius 1 is 0.970 bits per heavy atom. The van der Waals surface area contributed by atoms with Crippen molar-refractivity contribution in [3.05, 3.63) is 95.0 Å². The molecule has 0 saturated carbocycles.